The molecule has 0 radical (unpaired) electrons. The van der Waals surface area contributed by atoms with E-state index in [-0.39, 0.29) is 5.91 Å². The summed E-state index contributed by atoms with van der Waals surface area (Å²) in [6.07, 6.45) is 0.319. The number of carbonyl (C=O) groups excluding carboxylic acids is 1. The Bertz CT molecular complexity index is 887. The number of carbonyl (C=O) groups is 1. The van der Waals surface area contributed by atoms with Crippen LogP contribution < -0.4 is 5.32 Å². The van der Waals surface area contributed by atoms with Crippen LogP contribution in [0.1, 0.15) is 21.0 Å². The fourth-order valence-electron chi connectivity index (χ4n) is 2.57. The van der Waals surface area contributed by atoms with Gasteiger partial charge in [-0.3, -0.25) is 4.79 Å². The number of rotatable bonds is 5. The third-order valence-electron chi connectivity index (χ3n) is 3.88. The SMILES string of the molecule is Cc1ccc(-c2nc(C)sc2CC(=O)NCc2ccccc2Cl)cc1. The molecule has 2 aromatic carbocycles. The zero-order valence-electron chi connectivity index (χ0n) is 14.2. The zero-order chi connectivity index (χ0) is 17.8. The lowest BCUT2D eigenvalue weighted by Crippen LogP contribution is -2.24. The maximum Gasteiger partial charge on any atom is 0.225 e. The highest BCUT2D eigenvalue weighted by atomic mass is 35.5. The summed E-state index contributed by atoms with van der Waals surface area (Å²) in [4.78, 5) is 18.0. The van der Waals surface area contributed by atoms with E-state index in [4.69, 9.17) is 11.6 Å². The lowest BCUT2D eigenvalue weighted by atomic mass is 10.1. The van der Waals surface area contributed by atoms with Gasteiger partial charge >= 0.3 is 0 Å². The van der Waals surface area contributed by atoms with E-state index in [0.29, 0.717) is 18.0 Å². The standard InChI is InChI=1S/C20H19ClN2OS/c1-13-7-9-15(10-8-13)20-18(25-14(2)23-20)11-19(24)22-12-16-5-3-4-6-17(16)21/h3-10H,11-12H2,1-2H3,(H,22,24). The Morgan fingerprint density at radius 3 is 2.56 bits per heavy atom. The van der Waals surface area contributed by atoms with Crippen molar-refractivity contribution in [1.82, 2.24) is 10.3 Å². The maximum atomic E-state index is 12.4. The van der Waals surface area contributed by atoms with E-state index in [0.717, 1.165) is 26.7 Å². The smallest absolute Gasteiger partial charge is 0.225 e. The van der Waals surface area contributed by atoms with Crippen molar-refractivity contribution in [2.75, 3.05) is 0 Å². The van der Waals surface area contributed by atoms with Gasteiger partial charge in [-0.25, -0.2) is 4.98 Å². The van der Waals surface area contributed by atoms with Gasteiger partial charge in [-0.05, 0) is 25.5 Å². The number of nitrogens with one attached hydrogen (secondary N) is 1. The minimum absolute atomic E-state index is 0.0306. The number of thiazole rings is 1. The second-order valence-corrected chi connectivity index (χ2v) is 7.61. The first-order chi connectivity index (χ1) is 12.0. The van der Waals surface area contributed by atoms with Crippen LogP contribution in [0, 0.1) is 13.8 Å². The first kappa shape index (κ1) is 17.6. The number of hydrogen-bond acceptors (Lipinski definition) is 3. The van der Waals surface area contributed by atoms with Crippen LogP contribution >= 0.6 is 22.9 Å². The van der Waals surface area contributed by atoms with Crippen molar-refractivity contribution in [3.05, 3.63) is 74.6 Å². The molecule has 0 spiro atoms. The lowest BCUT2D eigenvalue weighted by molar-refractivity contribution is -0.120. The summed E-state index contributed by atoms with van der Waals surface area (Å²) in [5, 5.41) is 4.57. The Morgan fingerprint density at radius 1 is 1.12 bits per heavy atom. The Labute approximate surface area is 156 Å². The molecule has 0 aliphatic rings. The van der Waals surface area contributed by atoms with Gasteiger partial charge in [-0.15, -0.1) is 11.3 Å². The van der Waals surface area contributed by atoms with Crippen LogP contribution in [0.2, 0.25) is 5.02 Å². The number of aromatic nitrogens is 1. The number of aryl methyl sites for hydroxylation is 2. The third kappa shape index (κ3) is 4.47. The van der Waals surface area contributed by atoms with Crippen molar-refractivity contribution in [2.45, 2.75) is 26.8 Å². The van der Waals surface area contributed by atoms with Crippen molar-refractivity contribution < 1.29 is 4.79 Å². The van der Waals surface area contributed by atoms with Crippen molar-refractivity contribution in [3.8, 4) is 11.3 Å². The fraction of sp³-hybridized carbons (Fsp3) is 0.200. The van der Waals surface area contributed by atoms with Gasteiger partial charge < -0.3 is 5.32 Å². The quantitative estimate of drug-likeness (QED) is 0.691. The summed E-state index contributed by atoms with van der Waals surface area (Å²) in [5.74, 6) is -0.0306. The molecule has 3 aromatic rings. The van der Waals surface area contributed by atoms with Crippen LogP contribution in [-0.2, 0) is 17.8 Å². The van der Waals surface area contributed by atoms with Crippen molar-refractivity contribution in [3.63, 3.8) is 0 Å². The average Bonchev–Trinajstić information content (AvgIpc) is 2.95. The molecule has 0 atom stereocenters. The Kier molecular flexibility index (Phi) is 5.51. The van der Waals surface area contributed by atoms with E-state index >= 15 is 0 Å². The molecule has 0 aliphatic carbocycles. The first-order valence-electron chi connectivity index (χ1n) is 8.06. The molecule has 0 fully saturated rings. The summed E-state index contributed by atoms with van der Waals surface area (Å²) in [6.45, 7) is 4.45. The van der Waals surface area contributed by atoms with E-state index in [9.17, 15) is 4.79 Å². The molecular formula is C20H19ClN2OS. The van der Waals surface area contributed by atoms with Gasteiger partial charge in [-0.1, -0.05) is 59.6 Å². The number of benzene rings is 2. The van der Waals surface area contributed by atoms with Gasteiger partial charge in [0, 0.05) is 22.0 Å². The highest BCUT2D eigenvalue weighted by Crippen LogP contribution is 2.28. The van der Waals surface area contributed by atoms with E-state index in [1.54, 1.807) is 11.3 Å². The third-order valence-corrected chi connectivity index (χ3v) is 5.22. The molecule has 5 heteroatoms. The number of nitrogens with zero attached hydrogens (tertiary/aromatic N) is 1. The summed E-state index contributed by atoms with van der Waals surface area (Å²) in [7, 11) is 0. The highest BCUT2D eigenvalue weighted by molar-refractivity contribution is 7.12. The molecule has 0 saturated heterocycles. The van der Waals surface area contributed by atoms with Crippen LogP contribution in [0.3, 0.4) is 0 Å². The van der Waals surface area contributed by atoms with Crippen molar-refractivity contribution in [1.29, 1.82) is 0 Å². The molecular weight excluding hydrogens is 352 g/mol. The maximum absolute atomic E-state index is 12.4. The molecule has 1 aromatic heterocycles. The van der Waals surface area contributed by atoms with Gasteiger partial charge in [0.2, 0.25) is 5.91 Å². The van der Waals surface area contributed by atoms with Crippen LogP contribution in [0.15, 0.2) is 48.5 Å². The van der Waals surface area contributed by atoms with Gasteiger partial charge in [0.05, 0.1) is 17.1 Å². The second-order valence-electron chi connectivity index (χ2n) is 5.92. The van der Waals surface area contributed by atoms with Crippen LogP contribution in [0.4, 0.5) is 0 Å². The van der Waals surface area contributed by atoms with Crippen LogP contribution in [-0.4, -0.2) is 10.9 Å². The summed E-state index contributed by atoms with van der Waals surface area (Å²) in [6, 6.07) is 15.7. The number of amides is 1. The Balaban J connectivity index is 1.71. The molecule has 1 heterocycles. The minimum atomic E-state index is -0.0306. The minimum Gasteiger partial charge on any atom is -0.352 e. The molecule has 0 unspecified atom stereocenters. The Morgan fingerprint density at radius 2 is 1.84 bits per heavy atom. The molecule has 0 bridgehead atoms. The molecule has 3 rings (SSSR count). The Hall–Kier alpha value is -2.17. The fourth-order valence-corrected chi connectivity index (χ4v) is 3.73. The lowest BCUT2D eigenvalue weighted by Gasteiger charge is -2.07. The van der Waals surface area contributed by atoms with E-state index in [2.05, 4.69) is 41.5 Å². The van der Waals surface area contributed by atoms with E-state index in [1.165, 1.54) is 5.56 Å². The monoisotopic (exact) mass is 370 g/mol. The molecule has 0 aliphatic heterocycles. The van der Waals surface area contributed by atoms with Crippen LogP contribution in [0.5, 0.6) is 0 Å². The molecule has 25 heavy (non-hydrogen) atoms. The predicted molar refractivity (Wildman–Crippen MR) is 104 cm³/mol. The summed E-state index contributed by atoms with van der Waals surface area (Å²) >= 11 is 7.70. The van der Waals surface area contributed by atoms with E-state index in [1.807, 2.05) is 31.2 Å². The largest absolute Gasteiger partial charge is 0.352 e. The van der Waals surface area contributed by atoms with Gasteiger partial charge in [-0.2, -0.15) is 0 Å². The summed E-state index contributed by atoms with van der Waals surface area (Å²) in [5.41, 5.74) is 4.06. The average molecular weight is 371 g/mol. The van der Waals surface area contributed by atoms with Crippen LogP contribution in [0.25, 0.3) is 11.3 Å². The van der Waals surface area contributed by atoms with E-state index < -0.39 is 0 Å². The summed E-state index contributed by atoms with van der Waals surface area (Å²) < 4.78 is 0. The zero-order valence-corrected chi connectivity index (χ0v) is 15.7. The van der Waals surface area contributed by atoms with Crippen molar-refractivity contribution >= 4 is 28.8 Å². The van der Waals surface area contributed by atoms with Gasteiger partial charge in [0.1, 0.15) is 0 Å². The normalized spacial score (nSPS) is 10.7. The molecule has 1 N–H and O–H groups in total. The number of hydrogen-bond donors (Lipinski definition) is 1. The topological polar surface area (TPSA) is 42.0 Å². The second kappa shape index (κ2) is 7.81. The highest BCUT2D eigenvalue weighted by Gasteiger charge is 2.15. The molecule has 1 amide bonds. The molecule has 0 saturated carbocycles. The van der Waals surface area contributed by atoms with Crippen molar-refractivity contribution in [2.24, 2.45) is 0 Å². The predicted octanol–water partition coefficient (Wildman–Crippen LogP) is 4.94. The van der Waals surface area contributed by atoms with Gasteiger partial charge in [0.15, 0.2) is 0 Å². The van der Waals surface area contributed by atoms with Gasteiger partial charge in [0.25, 0.3) is 0 Å². The molecule has 128 valence electrons. The number of halogens is 1. The first-order valence-corrected chi connectivity index (χ1v) is 9.26. The molecule has 3 nitrogen and oxygen atoms in total.